The molecule has 0 spiro atoms. The van der Waals surface area contributed by atoms with Crippen molar-refractivity contribution < 1.29 is 46.7 Å². The third-order valence-corrected chi connectivity index (χ3v) is 11.6. The van der Waals surface area contributed by atoms with Crippen LogP contribution in [0.1, 0.15) is 135 Å². The second-order valence-electron chi connectivity index (χ2n) is 17.7. The molecule has 0 fully saturated rings. The van der Waals surface area contributed by atoms with Crippen molar-refractivity contribution >= 4 is 11.0 Å². The van der Waals surface area contributed by atoms with Crippen LogP contribution >= 0.6 is 0 Å². The maximum absolute atomic E-state index is 12.3. The third-order valence-electron chi connectivity index (χ3n) is 11.6. The summed E-state index contributed by atoms with van der Waals surface area (Å²) in [6, 6.07) is 38.0. The Kier molecular flexibility index (Phi) is 8.28. The summed E-state index contributed by atoms with van der Waals surface area (Å²) < 4.78 is 128. The van der Waals surface area contributed by atoms with Gasteiger partial charge in [-0.05, 0) is 117 Å². The van der Waals surface area contributed by atoms with E-state index in [1.807, 2.05) is 62.4 Å². The van der Waals surface area contributed by atoms with Gasteiger partial charge in [-0.1, -0.05) is 159 Å². The quantitative estimate of drug-likeness (QED) is 0.154. The Bertz CT molecular complexity index is 3470. The second-order valence-corrected chi connectivity index (χ2v) is 17.7. The molecule has 2 heterocycles. The van der Waals surface area contributed by atoms with E-state index in [1.54, 1.807) is 53.2 Å². The Balaban J connectivity index is 0.00000882. The van der Waals surface area contributed by atoms with E-state index in [1.165, 1.54) is 30.3 Å². The molecule has 0 bridgehead atoms. The van der Waals surface area contributed by atoms with Crippen LogP contribution in [0.25, 0.3) is 72.7 Å². The fourth-order valence-electron chi connectivity index (χ4n) is 7.94. The van der Waals surface area contributed by atoms with Crippen molar-refractivity contribution in [3.63, 3.8) is 0 Å². The van der Waals surface area contributed by atoms with Gasteiger partial charge in [0.1, 0.15) is 11.6 Å². The van der Waals surface area contributed by atoms with Crippen LogP contribution in [-0.2, 0) is 31.9 Å². The molecule has 0 saturated heterocycles. The van der Waals surface area contributed by atoms with Gasteiger partial charge in [-0.25, -0.2) is 4.98 Å². The number of fused-ring (bicyclic) bond motifs is 1. The zero-order valence-corrected chi connectivity index (χ0v) is 38.7. The molecule has 0 aliphatic rings. The summed E-state index contributed by atoms with van der Waals surface area (Å²) in [7, 11) is 0. The topological polar surface area (TPSA) is 50.9 Å². The minimum absolute atomic E-state index is 0. The number of para-hydroxylation sites is 1. The second kappa shape index (κ2) is 17.5. The average molecular weight is 1030 g/mol. The number of aromatic nitrogens is 3. The van der Waals surface area contributed by atoms with Crippen molar-refractivity contribution in [2.45, 2.75) is 105 Å². The van der Waals surface area contributed by atoms with Gasteiger partial charge in [0.15, 0.2) is 0 Å². The zero-order valence-electron chi connectivity index (χ0n) is 51.4. The molecular formula is C58H60N3OPt-. The molecule has 4 nitrogen and oxygen atoms in total. The monoisotopic (exact) mass is 1020 g/mol. The Morgan fingerprint density at radius 3 is 2.06 bits per heavy atom. The van der Waals surface area contributed by atoms with Gasteiger partial charge in [0, 0.05) is 59.2 Å². The standard InChI is InChI=1S/C58H60N3O.Pt/c1-35(2)42-31-49(36(3)4)55(62)51(32-42)56-60-54-48(19-16-20-53(54)61(56)47-27-37(5)38(6)50(34-47)40-17-14-13-15-18-40)43-28-44(30-46(29-43)58(10,11)12)52-33-41(25-26-59-52)39-21-23-45(24-22-39)57(7,8)9;/h13-27,29-36,62H,1-12H3;/q-1;/i5D3,6D3,7D3,8D3,9D3;. The first-order chi connectivity index (χ1) is 35.6. The fraction of sp³-hybridized carbons (Fsp3) is 0.276. The Morgan fingerprint density at radius 2 is 1.40 bits per heavy atom. The average Bonchev–Trinajstić information content (AvgIpc) is 3.91. The van der Waals surface area contributed by atoms with Crippen LogP contribution in [0, 0.1) is 19.8 Å². The van der Waals surface area contributed by atoms with Gasteiger partial charge in [-0.15, -0.1) is 29.3 Å². The van der Waals surface area contributed by atoms with Crippen molar-refractivity contribution in [1.82, 2.24) is 14.5 Å². The van der Waals surface area contributed by atoms with Crippen molar-refractivity contribution in [2.24, 2.45) is 0 Å². The molecule has 324 valence electrons. The van der Waals surface area contributed by atoms with E-state index in [0.717, 1.165) is 11.1 Å². The van der Waals surface area contributed by atoms with Gasteiger partial charge in [0.2, 0.25) is 0 Å². The van der Waals surface area contributed by atoms with E-state index in [9.17, 15) is 5.11 Å². The van der Waals surface area contributed by atoms with E-state index < -0.39 is 45.1 Å². The van der Waals surface area contributed by atoms with Crippen molar-refractivity contribution in [1.29, 1.82) is 0 Å². The Morgan fingerprint density at radius 1 is 0.651 bits per heavy atom. The van der Waals surface area contributed by atoms with Crippen LogP contribution < -0.4 is 0 Å². The molecule has 6 aromatic carbocycles. The maximum atomic E-state index is 12.3. The number of benzene rings is 6. The summed E-state index contributed by atoms with van der Waals surface area (Å²) in [4.78, 5) is 10.1. The molecular weight excluding hydrogens is 950 g/mol. The van der Waals surface area contributed by atoms with Crippen molar-refractivity contribution in [3.05, 3.63) is 167 Å². The molecule has 2 aromatic heterocycles. The first-order valence-electron chi connectivity index (χ1n) is 28.3. The minimum Gasteiger partial charge on any atom is -0.507 e. The molecule has 1 N–H and O–H groups in total. The molecule has 63 heavy (non-hydrogen) atoms. The number of hydrogen-bond donors (Lipinski definition) is 1. The largest absolute Gasteiger partial charge is 0.507 e. The van der Waals surface area contributed by atoms with Crippen LogP contribution in [0.4, 0.5) is 0 Å². The number of imidazole rings is 1. The van der Waals surface area contributed by atoms with E-state index in [0.29, 0.717) is 66.9 Å². The maximum Gasteiger partial charge on any atom is 0.148 e. The summed E-state index contributed by atoms with van der Waals surface area (Å²) in [6.07, 6.45) is 1.60. The number of rotatable bonds is 8. The van der Waals surface area contributed by atoms with Gasteiger partial charge in [0.25, 0.3) is 0 Å². The molecule has 8 aromatic rings. The smallest absolute Gasteiger partial charge is 0.148 e. The van der Waals surface area contributed by atoms with E-state index >= 15 is 0 Å². The number of aromatic hydroxyl groups is 1. The molecule has 0 aliphatic heterocycles. The van der Waals surface area contributed by atoms with E-state index in [-0.39, 0.29) is 66.7 Å². The van der Waals surface area contributed by atoms with E-state index in [4.69, 9.17) is 30.5 Å². The van der Waals surface area contributed by atoms with Gasteiger partial charge < -0.3 is 5.11 Å². The van der Waals surface area contributed by atoms with Crippen LogP contribution in [0.15, 0.2) is 128 Å². The summed E-state index contributed by atoms with van der Waals surface area (Å²) >= 11 is 0. The van der Waals surface area contributed by atoms with Gasteiger partial charge in [-0.2, -0.15) is 0 Å². The summed E-state index contributed by atoms with van der Waals surface area (Å²) in [5.41, 5.74) is 3.83. The van der Waals surface area contributed by atoms with Crippen LogP contribution in [0.2, 0.25) is 0 Å². The summed E-state index contributed by atoms with van der Waals surface area (Å²) in [5, 5.41) is 12.3. The van der Waals surface area contributed by atoms with Crippen LogP contribution in [-0.4, -0.2) is 19.6 Å². The predicted molar refractivity (Wildman–Crippen MR) is 262 cm³/mol. The third kappa shape index (κ3) is 8.98. The van der Waals surface area contributed by atoms with Gasteiger partial charge in [0.05, 0.1) is 16.6 Å². The summed E-state index contributed by atoms with van der Waals surface area (Å²) in [5.74, 6) is 0.216. The molecule has 0 aliphatic carbocycles. The molecule has 0 saturated carbocycles. The van der Waals surface area contributed by atoms with Crippen LogP contribution in [0.3, 0.4) is 0 Å². The normalized spacial score (nSPS) is 16.6. The molecule has 8 rings (SSSR count). The van der Waals surface area contributed by atoms with E-state index in [2.05, 4.69) is 40.7 Å². The first-order valence-corrected chi connectivity index (χ1v) is 20.8. The molecule has 0 amide bonds. The minimum atomic E-state index is -3.41. The Hall–Kier alpha value is -5.57. The van der Waals surface area contributed by atoms with Crippen LogP contribution in [0.5, 0.6) is 5.75 Å². The number of phenols is 1. The Labute approximate surface area is 410 Å². The molecule has 0 radical (unpaired) electrons. The van der Waals surface area contributed by atoms with Gasteiger partial charge in [-0.3, -0.25) is 9.55 Å². The molecule has 5 heteroatoms. The fourth-order valence-corrected chi connectivity index (χ4v) is 7.94. The molecule has 0 atom stereocenters. The number of phenolic OH excluding ortho intramolecular Hbond substituents is 1. The number of hydrogen-bond acceptors (Lipinski definition) is 3. The summed E-state index contributed by atoms with van der Waals surface area (Å²) in [6.45, 7) is -1.64. The van der Waals surface area contributed by atoms with Gasteiger partial charge >= 0.3 is 0 Å². The number of aryl methyl sites for hydroxylation is 1. The zero-order chi connectivity index (χ0) is 56.7. The first kappa shape index (κ1) is 29.7. The number of pyridine rings is 1. The molecule has 0 unspecified atom stereocenters. The van der Waals surface area contributed by atoms with Crippen molar-refractivity contribution in [3.8, 4) is 67.5 Å². The number of nitrogens with zero attached hydrogens (tertiary/aromatic N) is 3. The SMILES string of the molecule is [2H]C([2H])([2H])c1cc(-n2c(-c3cc(C(C)C)cc(C(C)C)c3O)nc3c(-c4[c-]c(-c5cc(-c6ccc(C(C([2H])([2H])[2H])(C([2H])([2H])[2H])C([2H])([2H])[2H])cc6)ccn5)cc(C(C)(C)C)c4)cccc32)cc(-c2ccccc2)c1C([2H])([2H])[2H].[Pt]. The van der Waals surface area contributed by atoms with Crippen molar-refractivity contribution in [2.75, 3.05) is 0 Å². The predicted octanol–water partition coefficient (Wildman–Crippen LogP) is 15.7.